The Morgan fingerprint density at radius 1 is 1.04 bits per heavy atom. The van der Waals surface area contributed by atoms with E-state index in [1.807, 2.05) is 44.2 Å². The molecule has 274 valence electrons. The van der Waals surface area contributed by atoms with Gasteiger partial charge in [-0.2, -0.15) is 9.97 Å². The summed E-state index contributed by atoms with van der Waals surface area (Å²) in [5.74, 6) is -1.65. The molecule has 0 spiro atoms. The molecule has 5 aromatic rings. The first-order valence-electron chi connectivity index (χ1n) is 16.2. The number of anilines is 1. The lowest BCUT2D eigenvalue weighted by molar-refractivity contribution is -0.178. The van der Waals surface area contributed by atoms with Gasteiger partial charge in [0.1, 0.15) is 17.8 Å². The number of aromatic nitrogens is 8. The zero-order valence-corrected chi connectivity index (χ0v) is 29.6. The molecule has 1 fully saturated rings. The van der Waals surface area contributed by atoms with Gasteiger partial charge in [-0.25, -0.2) is 23.6 Å². The number of ether oxygens (including phenoxy) is 3. The quantitative estimate of drug-likeness (QED) is 0.161. The summed E-state index contributed by atoms with van der Waals surface area (Å²) in [5.41, 5.74) is -2.57. The van der Waals surface area contributed by atoms with Crippen LogP contribution in [0.1, 0.15) is 57.8 Å². The molecule has 0 bridgehead atoms. The Morgan fingerprint density at radius 2 is 1.71 bits per heavy atom. The third-order valence-electron chi connectivity index (χ3n) is 8.56. The monoisotopic (exact) mass is 737 g/mol. The van der Waals surface area contributed by atoms with Crippen molar-refractivity contribution in [3.63, 3.8) is 0 Å². The van der Waals surface area contributed by atoms with Crippen LogP contribution in [0.4, 0.5) is 15.0 Å². The average molecular weight is 738 g/mol. The Bertz CT molecular complexity index is 2060. The number of hydrogen-bond donors (Lipinski definition) is 3. The fraction of sp³-hybridized carbons (Fsp3) is 0.412. The number of nitrogens with zero attached hydrogens (tertiary/aromatic N) is 8. The van der Waals surface area contributed by atoms with Crippen molar-refractivity contribution < 1.29 is 38.4 Å². The van der Waals surface area contributed by atoms with E-state index < -0.39 is 60.0 Å². The summed E-state index contributed by atoms with van der Waals surface area (Å²) in [5, 5.41) is 36.4. The Labute approximate surface area is 301 Å². The maximum Gasteiger partial charge on any atom is 0.413 e. The van der Waals surface area contributed by atoms with E-state index >= 15 is 4.39 Å². The van der Waals surface area contributed by atoms with E-state index in [4.69, 9.17) is 25.8 Å². The number of rotatable bonds is 11. The molecule has 5 atom stereocenters. The number of carbonyl (C=O) groups is 2. The topological polar surface area (TPSA) is 202 Å². The first kappa shape index (κ1) is 36.7. The number of aliphatic hydroxyl groups is 1. The summed E-state index contributed by atoms with van der Waals surface area (Å²) in [7, 11) is 0. The molecule has 1 aliphatic rings. The fourth-order valence-electron chi connectivity index (χ4n) is 5.95. The minimum atomic E-state index is -2.23. The molecule has 18 heteroatoms. The molecule has 0 radical (unpaired) electrons. The summed E-state index contributed by atoms with van der Waals surface area (Å²) in [6.45, 7) is 8.12. The van der Waals surface area contributed by atoms with Gasteiger partial charge in [0.05, 0.1) is 18.5 Å². The highest BCUT2D eigenvalue weighted by molar-refractivity contribution is 6.28. The highest BCUT2D eigenvalue weighted by Gasteiger charge is 2.52. The van der Waals surface area contributed by atoms with Crippen molar-refractivity contribution in [2.45, 2.75) is 82.4 Å². The molecule has 1 amide bonds. The van der Waals surface area contributed by atoms with Gasteiger partial charge in [0.2, 0.25) is 10.9 Å². The third kappa shape index (κ3) is 7.16. The van der Waals surface area contributed by atoms with Crippen LogP contribution in [0.3, 0.4) is 0 Å². The van der Waals surface area contributed by atoms with Crippen LogP contribution in [-0.2, 0) is 36.6 Å². The Morgan fingerprint density at radius 3 is 2.37 bits per heavy atom. The standard InChI is InChI=1S/C34H37ClFN9O7/c1-32(2,3)52-31(49)39-25-23-26(40-30(35)38-25)44(18-37-23)27-22(36)24(46)21(51-27)17-50-34(29(47)48,16-19-12-8-6-9-13-19)28-41-42-43-45(28)33(4,5)20-14-10-7-11-15-20/h6-15,18,21-22,24,27,46H,16-17H2,1-5H3,(H,47,48)(H,38,39,40,49)/t21-,22+,24-,27-,34?/m1/s1. The second-order valence-corrected chi connectivity index (χ2v) is 14.1. The van der Waals surface area contributed by atoms with Crippen molar-refractivity contribution in [2.75, 3.05) is 11.9 Å². The number of carboxylic acid groups (broad SMARTS) is 1. The van der Waals surface area contributed by atoms with Crippen molar-refractivity contribution >= 4 is 40.6 Å². The maximum atomic E-state index is 15.9. The van der Waals surface area contributed by atoms with Gasteiger partial charge in [-0.1, -0.05) is 60.7 Å². The van der Waals surface area contributed by atoms with Crippen LogP contribution in [0.25, 0.3) is 11.2 Å². The molecule has 2 aromatic carbocycles. The van der Waals surface area contributed by atoms with E-state index in [1.54, 1.807) is 51.1 Å². The fourth-order valence-corrected chi connectivity index (χ4v) is 6.11. The lowest BCUT2D eigenvalue weighted by Crippen LogP contribution is -2.48. The number of alkyl halides is 1. The number of aliphatic carboxylic acids is 1. The van der Waals surface area contributed by atoms with Crippen molar-refractivity contribution in [2.24, 2.45) is 0 Å². The highest BCUT2D eigenvalue weighted by atomic mass is 35.5. The molecule has 1 saturated heterocycles. The first-order valence-corrected chi connectivity index (χ1v) is 16.6. The molecule has 4 heterocycles. The number of aliphatic hydroxyl groups excluding tert-OH is 1. The largest absolute Gasteiger partial charge is 0.479 e. The molecule has 3 N–H and O–H groups in total. The summed E-state index contributed by atoms with van der Waals surface area (Å²) in [6.07, 6.45) is -6.59. The number of hydrogen-bond acceptors (Lipinski definition) is 12. The lowest BCUT2D eigenvalue weighted by atomic mass is 9.90. The molecule has 16 nitrogen and oxygen atoms in total. The minimum absolute atomic E-state index is 0.0150. The van der Waals surface area contributed by atoms with Gasteiger partial charge in [-0.05, 0) is 67.8 Å². The van der Waals surface area contributed by atoms with Gasteiger partial charge in [-0.15, -0.1) is 5.10 Å². The number of halogens is 2. The predicted molar refractivity (Wildman–Crippen MR) is 183 cm³/mol. The minimum Gasteiger partial charge on any atom is -0.479 e. The first-order chi connectivity index (χ1) is 24.6. The molecule has 0 saturated carbocycles. The van der Waals surface area contributed by atoms with Gasteiger partial charge in [0, 0.05) is 6.42 Å². The molecule has 1 aliphatic heterocycles. The van der Waals surface area contributed by atoms with Crippen molar-refractivity contribution in [3.8, 4) is 0 Å². The summed E-state index contributed by atoms with van der Waals surface area (Å²) < 4.78 is 36.0. The number of carboxylic acids is 1. The second kappa shape index (κ2) is 14.1. The van der Waals surface area contributed by atoms with E-state index in [2.05, 4.69) is 35.8 Å². The summed E-state index contributed by atoms with van der Waals surface area (Å²) in [6, 6.07) is 18.0. The van der Waals surface area contributed by atoms with Gasteiger partial charge >= 0.3 is 12.1 Å². The molecule has 6 rings (SSSR count). The third-order valence-corrected chi connectivity index (χ3v) is 8.73. The summed E-state index contributed by atoms with van der Waals surface area (Å²) >= 11 is 6.17. The van der Waals surface area contributed by atoms with Crippen molar-refractivity contribution in [1.29, 1.82) is 0 Å². The van der Waals surface area contributed by atoms with Gasteiger partial charge in [0.25, 0.3) is 0 Å². The zero-order valence-electron chi connectivity index (χ0n) is 28.8. The number of amides is 1. The smallest absolute Gasteiger partial charge is 0.413 e. The highest BCUT2D eigenvalue weighted by Crippen LogP contribution is 2.38. The molecular formula is C34H37ClFN9O7. The van der Waals surface area contributed by atoms with Crippen LogP contribution < -0.4 is 5.32 Å². The van der Waals surface area contributed by atoms with E-state index in [1.165, 1.54) is 15.6 Å². The second-order valence-electron chi connectivity index (χ2n) is 13.7. The van der Waals surface area contributed by atoms with Gasteiger partial charge in [0.15, 0.2) is 35.2 Å². The number of carbonyl (C=O) groups excluding carboxylic acids is 1. The van der Waals surface area contributed by atoms with Crippen LogP contribution in [0.5, 0.6) is 0 Å². The van der Waals surface area contributed by atoms with Crippen LogP contribution >= 0.6 is 11.6 Å². The lowest BCUT2D eigenvalue weighted by Gasteiger charge is -2.34. The van der Waals surface area contributed by atoms with Crippen LogP contribution in [0, 0.1) is 0 Å². The van der Waals surface area contributed by atoms with Crippen molar-refractivity contribution in [3.05, 3.63) is 89.2 Å². The number of fused-ring (bicyclic) bond motifs is 1. The number of nitrogens with one attached hydrogen (secondary N) is 1. The zero-order chi connectivity index (χ0) is 37.4. The number of imidazole rings is 1. The molecule has 0 aliphatic carbocycles. The van der Waals surface area contributed by atoms with E-state index in [0.29, 0.717) is 5.56 Å². The molecular weight excluding hydrogens is 701 g/mol. The average Bonchev–Trinajstić information content (AvgIpc) is 3.82. The Balaban J connectivity index is 1.32. The van der Waals surface area contributed by atoms with E-state index in [9.17, 15) is 19.8 Å². The van der Waals surface area contributed by atoms with Crippen LogP contribution in [-0.4, -0.2) is 92.6 Å². The van der Waals surface area contributed by atoms with E-state index in [-0.39, 0.29) is 34.5 Å². The Hall–Kier alpha value is -5.10. The maximum absolute atomic E-state index is 15.9. The van der Waals surface area contributed by atoms with Gasteiger partial charge < -0.3 is 24.4 Å². The van der Waals surface area contributed by atoms with Gasteiger partial charge in [-0.3, -0.25) is 9.88 Å². The summed E-state index contributed by atoms with van der Waals surface area (Å²) in [4.78, 5) is 38.3. The predicted octanol–water partition coefficient (Wildman–Crippen LogP) is 4.43. The molecule has 1 unspecified atom stereocenters. The number of tetrazole rings is 1. The SMILES string of the molecule is CC(C)(C)OC(=O)Nc1nc(Cl)nc2c1ncn2[C@@H]1O[C@H](COC(Cc2ccccc2)(C(=O)O)c2nnnn2C(C)(C)c2ccccc2)[C@@H](O)[C@@H]1F. The van der Waals surface area contributed by atoms with Crippen LogP contribution in [0.15, 0.2) is 67.0 Å². The molecule has 52 heavy (non-hydrogen) atoms. The van der Waals surface area contributed by atoms with E-state index in [0.717, 1.165) is 5.56 Å². The normalized spacial score (nSPS) is 20.5. The van der Waals surface area contributed by atoms with Crippen LogP contribution in [0.2, 0.25) is 5.28 Å². The number of benzene rings is 2. The Kier molecular flexibility index (Phi) is 9.97. The van der Waals surface area contributed by atoms with Crippen molar-refractivity contribution in [1.82, 2.24) is 39.7 Å². The molecule has 3 aromatic heterocycles.